The predicted molar refractivity (Wildman–Crippen MR) is 49.1 cm³/mol. The van der Waals surface area contributed by atoms with Crippen molar-refractivity contribution in [2.75, 3.05) is 13.1 Å². The van der Waals surface area contributed by atoms with Crippen LogP contribution >= 0.6 is 0 Å². The summed E-state index contributed by atoms with van der Waals surface area (Å²) < 4.78 is 0. The molecular weight excluding hydrogens is 170 g/mol. The zero-order valence-electron chi connectivity index (χ0n) is 7.79. The van der Waals surface area contributed by atoms with E-state index < -0.39 is 6.10 Å². The van der Waals surface area contributed by atoms with Crippen LogP contribution in [0.2, 0.25) is 0 Å². The Kier molecular flexibility index (Phi) is 3.65. The van der Waals surface area contributed by atoms with Gasteiger partial charge in [-0.05, 0) is 13.3 Å². The highest BCUT2D eigenvalue weighted by Crippen LogP contribution is 2.05. The van der Waals surface area contributed by atoms with Gasteiger partial charge in [0, 0.05) is 19.1 Å². The fourth-order valence-corrected chi connectivity index (χ4v) is 1.32. The lowest BCUT2D eigenvalue weighted by atomic mass is 10.2. The molecule has 1 aliphatic heterocycles. The van der Waals surface area contributed by atoms with E-state index >= 15 is 0 Å². The molecule has 1 rings (SSSR count). The monoisotopic (exact) mass is 187 g/mol. The summed E-state index contributed by atoms with van der Waals surface area (Å²) in [6, 6.07) is -0.268. The Balaban J connectivity index is 2.31. The average molecular weight is 187 g/mol. The van der Waals surface area contributed by atoms with E-state index in [-0.39, 0.29) is 18.0 Å². The molecule has 0 spiro atoms. The number of aliphatic hydroxyl groups is 1. The van der Waals surface area contributed by atoms with Gasteiger partial charge < -0.3 is 21.5 Å². The van der Waals surface area contributed by atoms with Crippen molar-refractivity contribution < 1.29 is 9.90 Å². The van der Waals surface area contributed by atoms with Crippen molar-refractivity contribution >= 4 is 5.91 Å². The van der Waals surface area contributed by atoms with Crippen LogP contribution in [-0.2, 0) is 4.79 Å². The highest BCUT2D eigenvalue weighted by molar-refractivity contribution is 5.82. The molecule has 5 heteroatoms. The summed E-state index contributed by atoms with van der Waals surface area (Å²) in [5, 5.41) is 14.9. The molecule has 5 nitrogen and oxygen atoms in total. The molecular formula is C8H17N3O2. The van der Waals surface area contributed by atoms with Gasteiger partial charge in [-0.25, -0.2) is 0 Å². The zero-order chi connectivity index (χ0) is 9.84. The van der Waals surface area contributed by atoms with Gasteiger partial charge in [0.15, 0.2) is 0 Å². The zero-order valence-corrected chi connectivity index (χ0v) is 7.79. The normalized spacial score (nSPS) is 30.1. The molecule has 1 heterocycles. The molecule has 0 bridgehead atoms. The largest absolute Gasteiger partial charge is 0.392 e. The molecule has 1 saturated heterocycles. The molecule has 13 heavy (non-hydrogen) atoms. The SMILES string of the molecule is C[C@@H](CN)NC(=O)[C@H]1C[C@H](O)CN1. The molecule has 0 aromatic rings. The topological polar surface area (TPSA) is 87.4 Å². The first kappa shape index (κ1) is 10.4. The summed E-state index contributed by atoms with van der Waals surface area (Å²) in [7, 11) is 0. The van der Waals surface area contributed by atoms with Crippen molar-refractivity contribution in [3.63, 3.8) is 0 Å². The van der Waals surface area contributed by atoms with Gasteiger partial charge in [-0.1, -0.05) is 0 Å². The van der Waals surface area contributed by atoms with Gasteiger partial charge in [0.25, 0.3) is 0 Å². The smallest absolute Gasteiger partial charge is 0.237 e. The summed E-state index contributed by atoms with van der Waals surface area (Å²) in [5.74, 6) is -0.0745. The lowest BCUT2D eigenvalue weighted by molar-refractivity contribution is -0.123. The van der Waals surface area contributed by atoms with E-state index in [9.17, 15) is 9.90 Å². The Bertz CT molecular complexity index is 186. The molecule has 0 aromatic heterocycles. The summed E-state index contributed by atoms with van der Waals surface area (Å²) in [4.78, 5) is 11.4. The second-order valence-electron chi connectivity index (χ2n) is 3.50. The average Bonchev–Trinajstić information content (AvgIpc) is 2.51. The fraction of sp³-hybridized carbons (Fsp3) is 0.875. The van der Waals surface area contributed by atoms with E-state index in [1.54, 1.807) is 0 Å². The Labute approximate surface area is 77.7 Å². The number of nitrogens with two attached hydrogens (primary N) is 1. The summed E-state index contributed by atoms with van der Waals surface area (Å²) in [5.41, 5.74) is 5.36. The van der Waals surface area contributed by atoms with Crippen LogP contribution in [0.25, 0.3) is 0 Å². The molecule has 0 aromatic carbocycles. The highest BCUT2D eigenvalue weighted by Gasteiger charge is 2.28. The highest BCUT2D eigenvalue weighted by atomic mass is 16.3. The standard InChI is InChI=1S/C8H17N3O2/c1-5(3-9)11-8(13)7-2-6(12)4-10-7/h5-7,10,12H,2-4,9H2,1H3,(H,11,13)/t5-,6-,7+/m0/s1. The third-order valence-corrected chi connectivity index (χ3v) is 2.17. The molecule has 0 aliphatic carbocycles. The van der Waals surface area contributed by atoms with Crippen molar-refractivity contribution in [3.05, 3.63) is 0 Å². The molecule has 5 N–H and O–H groups in total. The number of amides is 1. The third kappa shape index (κ3) is 2.95. The quantitative estimate of drug-likeness (QED) is 0.418. The number of hydrogen-bond donors (Lipinski definition) is 4. The van der Waals surface area contributed by atoms with Crippen molar-refractivity contribution in [3.8, 4) is 0 Å². The second-order valence-corrected chi connectivity index (χ2v) is 3.50. The molecule has 1 aliphatic rings. The number of hydrogen-bond acceptors (Lipinski definition) is 4. The van der Waals surface area contributed by atoms with Crippen LogP contribution < -0.4 is 16.4 Å². The minimum absolute atomic E-state index is 0.00737. The second kappa shape index (κ2) is 4.55. The van der Waals surface area contributed by atoms with Crippen LogP contribution in [0.1, 0.15) is 13.3 Å². The van der Waals surface area contributed by atoms with E-state index in [0.29, 0.717) is 19.5 Å². The van der Waals surface area contributed by atoms with Crippen LogP contribution in [0.3, 0.4) is 0 Å². The van der Waals surface area contributed by atoms with Crippen LogP contribution in [0.4, 0.5) is 0 Å². The number of aliphatic hydroxyl groups excluding tert-OH is 1. The molecule has 0 unspecified atom stereocenters. The maximum absolute atomic E-state index is 11.4. The number of carbonyl (C=O) groups is 1. The Morgan fingerprint density at radius 2 is 2.54 bits per heavy atom. The van der Waals surface area contributed by atoms with Crippen LogP contribution in [0, 0.1) is 0 Å². The first-order chi connectivity index (χ1) is 6.13. The lowest BCUT2D eigenvalue weighted by Gasteiger charge is -2.15. The van der Waals surface area contributed by atoms with Gasteiger partial charge in [0.2, 0.25) is 5.91 Å². The lowest BCUT2D eigenvalue weighted by Crippen LogP contribution is -2.46. The number of carbonyl (C=O) groups excluding carboxylic acids is 1. The van der Waals surface area contributed by atoms with E-state index in [1.165, 1.54) is 0 Å². The maximum atomic E-state index is 11.4. The van der Waals surface area contributed by atoms with Crippen molar-refractivity contribution in [1.82, 2.24) is 10.6 Å². The van der Waals surface area contributed by atoms with E-state index in [4.69, 9.17) is 5.73 Å². The number of rotatable bonds is 3. The Morgan fingerprint density at radius 3 is 3.00 bits per heavy atom. The van der Waals surface area contributed by atoms with Crippen molar-refractivity contribution in [2.24, 2.45) is 5.73 Å². The minimum Gasteiger partial charge on any atom is -0.392 e. The van der Waals surface area contributed by atoms with Crippen molar-refractivity contribution in [1.29, 1.82) is 0 Å². The summed E-state index contributed by atoms with van der Waals surface area (Å²) >= 11 is 0. The molecule has 1 amide bonds. The van der Waals surface area contributed by atoms with E-state index in [1.807, 2.05) is 6.92 Å². The van der Waals surface area contributed by atoms with Gasteiger partial charge in [-0.2, -0.15) is 0 Å². The van der Waals surface area contributed by atoms with Crippen molar-refractivity contribution in [2.45, 2.75) is 31.5 Å². The minimum atomic E-state index is -0.399. The van der Waals surface area contributed by atoms with Gasteiger partial charge in [0.1, 0.15) is 0 Å². The van der Waals surface area contributed by atoms with Crippen LogP contribution in [0.5, 0.6) is 0 Å². The van der Waals surface area contributed by atoms with E-state index in [0.717, 1.165) is 0 Å². The van der Waals surface area contributed by atoms with Gasteiger partial charge in [-0.15, -0.1) is 0 Å². The van der Waals surface area contributed by atoms with E-state index in [2.05, 4.69) is 10.6 Å². The maximum Gasteiger partial charge on any atom is 0.237 e. The Hall–Kier alpha value is -0.650. The number of β-amino-alcohol motifs (C(OH)–C–C–N with tert-alkyl or cyclic N) is 1. The summed E-state index contributed by atoms with van der Waals surface area (Å²) in [6.07, 6.45) is 0.0901. The molecule has 0 radical (unpaired) electrons. The molecule has 76 valence electrons. The predicted octanol–water partition coefficient (Wildman–Crippen LogP) is -1.83. The number of nitrogens with one attached hydrogen (secondary N) is 2. The van der Waals surface area contributed by atoms with Crippen LogP contribution in [0.15, 0.2) is 0 Å². The Morgan fingerprint density at radius 1 is 1.85 bits per heavy atom. The van der Waals surface area contributed by atoms with Crippen LogP contribution in [-0.4, -0.2) is 42.3 Å². The molecule has 0 saturated carbocycles. The third-order valence-electron chi connectivity index (χ3n) is 2.17. The molecule has 1 fully saturated rings. The summed E-state index contributed by atoms with van der Waals surface area (Å²) in [6.45, 7) is 2.78. The fourth-order valence-electron chi connectivity index (χ4n) is 1.32. The van der Waals surface area contributed by atoms with Gasteiger partial charge in [-0.3, -0.25) is 4.79 Å². The first-order valence-electron chi connectivity index (χ1n) is 4.55. The van der Waals surface area contributed by atoms with Gasteiger partial charge >= 0.3 is 0 Å². The molecule has 3 atom stereocenters. The first-order valence-corrected chi connectivity index (χ1v) is 4.55. The van der Waals surface area contributed by atoms with Gasteiger partial charge in [0.05, 0.1) is 12.1 Å².